The number of nitrogens with one attached hydrogen (secondary N) is 1. The molecular formula is C14H12BrClFN3. The molecule has 2 aromatic rings. The number of fused-ring (bicyclic) bond motifs is 1. The molecule has 3 nitrogen and oxygen atoms in total. The number of hydrogen-bond acceptors (Lipinski definition) is 3. The summed E-state index contributed by atoms with van der Waals surface area (Å²) in [6.45, 7) is 0. The lowest BCUT2D eigenvalue weighted by Crippen LogP contribution is -2.10. The lowest BCUT2D eigenvalue weighted by atomic mass is 9.97. The second-order valence-electron chi connectivity index (χ2n) is 4.72. The van der Waals surface area contributed by atoms with E-state index in [0.29, 0.717) is 21.3 Å². The van der Waals surface area contributed by atoms with Gasteiger partial charge in [-0.25, -0.2) is 14.4 Å². The normalized spacial score (nSPS) is 13.9. The summed E-state index contributed by atoms with van der Waals surface area (Å²) in [7, 11) is 0. The molecule has 0 bridgehead atoms. The summed E-state index contributed by atoms with van der Waals surface area (Å²) < 4.78 is 14.5. The molecule has 1 N–H and O–H groups in total. The van der Waals surface area contributed by atoms with Crippen molar-refractivity contribution in [3.05, 3.63) is 44.9 Å². The minimum absolute atomic E-state index is 0.333. The molecule has 0 fully saturated rings. The van der Waals surface area contributed by atoms with Gasteiger partial charge in [0.05, 0.1) is 11.4 Å². The van der Waals surface area contributed by atoms with E-state index in [9.17, 15) is 4.39 Å². The van der Waals surface area contributed by atoms with Crippen LogP contribution in [0.1, 0.15) is 24.1 Å². The van der Waals surface area contributed by atoms with Gasteiger partial charge in [0, 0.05) is 10.0 Å². The maximum absolute atomic E-state index is 13.8. The zero-order valence-corrected chi connectivity index (χ0v) is 12.9. The van der Waals surface area contributed by atoms with Gasteiger partial charge in [0.25, 0.3) is 0 Å². The molecule has 0 unspecified atom stereocenters. The molecule has 1 aromatic heterocycles. The van der Waals surface area contributed by atoms with Crippen molar-refractivity contribution in [1.82, 2.24) is 9.97 Å². The van der Waals surface area contributed by atoms with Gasteiger partial charge in [-0.2, -0.15) is 0 Å². The lowest BCUT2D eigenvalue weighted by molar-refractivity contribution is 0.630. The average Bonchev–Trinajstić information content (AvgIpc) is 2.42. The minimum atomic E-state index is -0.364. The summed E-state index contributed by atoms with van der Waals surface area (Å²) in [6, 6.07) is 4.78. The first kappa shape index (κ1) is 13.8. The number of rotatable bonds is 2. The lowest BCUT2D eigenvalue weighted by Gasteiger charge is -2.17. The Morgan fingerprint density at radius 1 is 1.20 bits per heavy atom. The third kappa shape index (κ3) is 2.79. The second kappa shape index (κ2) is 5.66. The Morgan fingerprint density at radius 3 is 2.80 bits per heavy atom. The van der Waals surface area contributed by atoms with Gasteiger partial charge in [-0.3, -0.25) is 0 Å². The zero-order chi connectivity index (χ0) is 14.1. The Morgan fingerprint density at radius 2 is 2.00 bits per heavy atom. The van der Waals surface area contributed by atoms with Gasteiger partial charge in [0.2, 0.25) is 5.95 Å². The van der Waals surface area contributed by atoms with E-state index in [4.69, 9.17) is 11.6 Å². The van der Waals surface area contributed by atoms with E-state index in [1.165, 1.54) is 6.07 Å². The van der Waals surface area contributed by atoms with Crippen molar-refractivity contribution in [3.63, 3.8) is 0 Å². The van der Waals surface area contributed by atoms with Crippen LogP contribution in [-0.2, 0) is 12.8 Å². The molecule has 0 radical (unpaired) electrons. The highest BCUT2D eigenvalue weighted by Gasteiger charge is 2.17. The largest absolute Gasteiger partial charge is 0.322 e. The second-order valence-corrected chi connectivity index (χ2v) is 5.99. The smallest absolute Gasteiger partial charge is 0.228 e. The number of nitrogens with zero attached hydrogens (tertiary/aromatic N) is 2. The van der Waals surface area contributed by atoms with Crippen LogP contribution in [0.15, 0.2) is 22.7 Å². The van der Waals surface area contributed by atoms with E-state index in [-0.39, 0.29) is 5.82 Å². The molecule has 20 heavy (non-hydrogen) atoms. The van der Waals surface area contributed by atoms with E-state index in [2.05, 4.69) is 31.2 Å². The topological polar surface area (TPSA) is 37.8 Å². The van der Waals surface area contributed by atoms with Crippen LogP contribution in [0.4, 0.5) is 16.0 Å². The SMILES string of the molecule is Fc1cc(Br)ccc1Nc1nc(Cl)c2c(n1)CCCC2. The van der Waals surface area contributed by atoms with Crippen molar-refractivity contribution in [2.45, 2.75) is 25.7 Å². The zero-order valence-electron chi connectivity index (χ0n) is 10.6. The predicted octanol–water partition coefficient (Wildman–Crippen LogP) is 4.65. The summed E-state index contributed by atoms with van der Waals surface area (Å²) in [5.41, 5.74) is 2.33. The highest BCUT2D eigenvalue weighted by molar-refractivity contribution is 9.10. The van der Waals surface area contributed by atoms with Crippen LogP contribution >= 0.6 is 27.5 Å². The minimum Gasteiger partial charge on any atom is -0.322 e. The van der Waals surface area contributed by atoms with Gasteiger partial charge >= 0.3 is 0 Å². The van der Waals surface area contributed by atoms with Crippen LogP contribution in [0.5, 0.6) is 0 Å². The third-order valence-corrected chi connectivity index (χ3v) is 4.12. The molecule has 0 saturated carbocycles. The standard InChI is InChI=1S/C14H12BrClFN3/c15-8-5-6-12(10(17)7-8)19-14-18-11-4-2-1-3-9(11)13(16)20-14/h5-7H,1-4H2,(H,18,19,20). The summed E-state index contributed by atoms with van der Waals surface area (Å²) in [4.78, 5) is 8.66. The molecule has 6 heteroatoms. The van der Waals surface area contributed by atoms with Crippen molar-refractivity contribution in [2.24, 2.45) is 0 Å². The van der Waals surface area contributed by atoms with E-state index >= 15 is 0 Å². The van der Waals surface area contributed by atoms with Gasteiger partial charge in [-0.05, 0) is 43.9 Å². The average molecular weight is 357 g/mol. The molecule has 0 saturated heterocycles. The van der Waals surface area contributed by atoms with Crippen molar-refractivity contribution in [3.8, 4) is 0 Å². The predicted molar refractivity (Wildman–Crippen MR) is 81.1 cm³/mol. The van der Waals surface area contributed by atoms with Crippen LogP contribution in [0.3, 0.4) is 0 Å². The fourth-order valence-electron chi connectivity index (χ4n) is 2.32. The van der Waals surface area contributed by atoms with Crippen molar-refractivity contribution in [2.75, 3.05) is 5.32 Å². The molecule has 0 spiro atoms. The fourth-order valence-corrected chi connectivity index (χ4v) is 2.93. The van der Waals surface area contributed by atoms with Crippen LogP contribution in [0.25, 0.3) is 0 Å². The Kier molecular flexibility index (Phi) is 3.89. The van der Waals surface area contributed by atoms with Crippen molar-refractivity contribution < 1.29 is 4.39 Å². The third-order valence-electron chi connectivity index (χ3n) is 3.31. The van der Waals surface area contributed by atoms with Crippen molar-refractivity contribution >= 4 is 39.2 Å². The molecule has 1 aliphatic rings. The van der Waals surface area contributed by atoms with E-state index in [1.54, 1.807) is 12.1 Å². The summed E-state index contributed by atoms with van der Waals surface area (Å²) >= 11 is 9.41. The molecule has 1 aromatic carbocycles. The van der Waals surface area contributed by atoms with E-state index in [0.717, 1.165) is 36.9 Å². The number of aromatic nitrogens is 2. The molecule has 0 amide bonds. The van der Waals surface area contributed by atoms with Crippen LogP contribution in [-0.4, -0.2) is 9.97 Å². The highest BCUT2D eigenvalue weighted by Crippen LogP contribution is 2.28. The number of hydrogen-bond donors (Lipinski definition) is 1. The van der Waals surface area contributed by atoms with Crippen LogP contribution in [0, 0.1) is 5.82 Å². The molecule has 1 heterocycles. The number of benzene rings is 1. The quantitative estimate of drug-likeness (QED) is 0.796. The Bertz CT molecular complexity index is 663. The number of anilines is 2. The summed E-state index contributed by atoms with van der Waals surface area (Å²) in [6.07, 6.45) is 4.03. The van der Waals surface area contributed by atoms with Gasteiger partial charge in [0.1, 0.15) is 11.0 Å². The van der Waals surface area contributed by atoms with Crippen LogP contribution in [0.2, 0.25) is 5.15 Å². The fraction of sp³-hybridized carbons (Fsp3) is 0.286. The molecular weight excluding hydrogens is 345 g/mol. The Balaban J connectivity index is 1.93. The maximum Gasteiger partial charge on any atom is 0.228 e. The van der Waals surface area contributed by atoms with Gasteiger partial charge in [0.15, 0.2) is 0 Å². The molecule has 0 aliphatic heterocycles. The van der Waals surface area contributed by atoms with Gasteiger partial charge in [-0.1, -0.05) is 27.5 Å². The maximum atomic E-state index is 13.8. The molecule has 1 aliphatic carbocycles. The summed E-state index contributed by atoms with van der Waals surface area (Å²) in [5, 5.41) is 3.36. The number of aryl methyl sites for hydroxylation is 1. The summed E-state index contributed by atoms with van der Waals surface area (Å²) in [5.74, 6) is -0.0197. The first-order chi connectivity index (χ1) is 9.63. The van der Waals surface area contributed by atoms with Gasteiger partial charge in [-0.15, -0.1) is 0 Å². The highest BCUT2D eigenvalue weighted by atomic mass is 79.9. The number of halogens is 3. The van der Waals surface area contributed by atoms with Crippen molar-refractivity contribution in [1.29, 1.82) is 0 Å². The monoisotopic (exact) mass is 355 g/mol. The first-order valence-electron chi connectivity index (χ1n) is 6.41. The van der Waals surface area contributed by atoms with Crippen LogP contribution < -0.4 is 5.32 Å². The van der Waals surface area contributed by atoms with E-state index < -0.39 is 0 Å². The Labute approximate surface area is 129 Å². The molecule has 104 valence electrons. The molecule has 0 atom stereocenters. The van der Waals surface area contributed by atoms with Gasteiger partial charge < -0.3 is 5.32 Å². The van der Waals surface area contributed by atoms with E-state index in [1.807, 2.05) is 0 Å². The first-order valence-corrected chi connectivity index (χ1v) is 7.58. The Hall–Kier alpha value is -1.20. The molecule has 3 rings (SSSR count).